The molecule has 1 aliphatic rings. The van der Waals surface area contributed by atoms with Gasteiger partial charge in [0.05, 0.1) is 22.7 Å². The van der Waals surface area contributed by atoms with Gasteiger partial charge in [-0.1, -0.05) is 37.0 Å². The first-order valence-corrected chi connectivity index (χ1v) is 9.20. The molecule has 1 aromatic carbocycles. The van der Waals surface area contributed by atoms with Crippen LogP contribution >= 0.6 is 23.2 Å². The monoisotopic (exact) mass is 366 g/mol. The standard InChI is InChI=1S/C18H24Cl2N4/c1-14(2)11-24-13-21-10-16(24)12-22-5-7-23(8-6-22)18-9-15(19)3-4-17(18)20/h3-4,9-10,13-14H,5-8,11-12H2,1-2H3. The zero-order valence-corrected chi connectivity index (χ0v) is 15.8. The van der Waals surface area contributed by atoms with Gasteiger partial charge in [-0.15, -0.1) is 0 Å². The molecule has 0 atom stereocenters. The summed E-state index contributed by atoms with van der Waals surface area (Å²) in [5, 5.41) is 1.50. The predicted molar refractivity (Wildman–Crippen MR) is 101 cm³/mol. The molecule has 2 heterocycles. The second-order valence-corrected chi connectivity index (χ2v) is 7.63. The molecule has 1 fully saturated rings. The Kier molecular flexibility index (Phi) is 5.69. The Morgan fingerprint density at radius 3 is 2.58 bits per heavy atom. The van der Waals surface area contributed by atoms with Crippen molar-refractivity contribution in [2.24, 2.45) is 5.92 Å². The average molecular weight is 367 g/mol. The van der Waals surface area contributed by atoms with Crippen LogP contribution in [0.4, 0.5) is 5.69 Å². The van der Waals surface area contributed by atoms with Crippen LogP contribution in [-0.2, 0) is 13.1 Å². The minimum atomic E-state index is 0.625. The van der Waals surface area contributed by atoms with Crippen LogP contribution in [0, 0.1) is 5.92 Å². The topological polar surface area (TPSA) is 24.3 Å². The van der Waals surface area contributed by atoms with Crippen molar-refractivity contribution in [1.29, 1.82) is 0 Å². The lowest BCUT2D eigenvalue weighted by atomic mass is 10.2. The van der Waals surface area contributed by atoms with E-state index in [-0.39, 0.29) is 0 Å². The fraction of sp³-hybridized carbons (Fsp3) is 0.500. The number of hydrogen-bond donors (Lipinski definition) is 0. The molecule has 1 saturated heterocycles. The van der Waals surface area contributed by atoms with Gasteiger partial charge in [0.1, 0.15) is 0 Å². The number of anilines is 1. The quantitative estimate of drug-likeness (QED) is 0.793. The van der Waals surface area contributed by atoms with Gasteiger partial charge < -0.3 is 9.47 Å². The van der Waals surface area contributed by atoms with Gasteiger partial charge in [-0.05, 0) is 24.1 Å². The van der Waals surface area contributed by atoms with E-state index in [1.165, 1.54) is 5.69 Å². The highest BCUT2D eigenvalue weighted by Crippen LogP contribution is 2.29. The van der Waals surface area contributed by atoms with Crippen molar-refractivity contribution >= 4 is 28.9 Å². The van der Waals surface area contributed by atoms with E-state index < -0.39 is 0 Å². The summed E-state index contributed by atoms with van der Waals surface area (Å²) >= 11 is 12.4. The molecule has 0 bridgehead atoms. The third-order valence-corrected chi connectivity index (χ3v) is 4.92. The second kappa shape index (κ2) is 7.77. The van der Waals surface area contributed by atoms with Gasteiger partial charge in [-0.25, -0.2) is 4.98 Å². The minimum Gasteiger partial charge on any atom is -0.368 e. The third kappa shape index (κ3) is 4.24. The van der Waals surface area contributed by atoms with Gasteiger partial charge in [0.2, 0.25) is 0 Å². The summed E-state index contributed by atoms with van der Waals surface area (Å²) in [5.74, 6) is 0.625. The summed E-state index contributed by atoms with van der Waals surface area (Å²) < 4.78 is 2.27. The first-order valence-electron chi connectivity index (χ1n) is 8.44. The highest BCUT2D eigenvalue weighted by Gasteiger charge is 2.20. The Labute approximate surface area is 154 Å². The van der Waals surface area contributed by atoms with Crippen molar-refractivity contribution in [3.8, 4) is 0 Å². The van der Waals surface area contributed by atoms with Crippen LogP contribution in [0.3, 0.4) is 0 Å². The summed E-state index contributed by atoms with van der Waals surface area (Å²) in [5.41, 5.74) is 2.33. The van der Waals surface area contributed by atoms with Crippen LogP contribution < -0.4 is 4.90 Å². The number of rotatable bonds is 5. The van der Waals surface area contributed by atoms with E-state index in [0.29, 0.717) is 5.92 Å². The maximum atomic E-state index is 6.32. The molecule has 24 heavy (non-hydrogen) atoms. The molecule has 0 N–H and O–H groups in total. The zero-order chi connectivity index (χ0) is 17.1. The van der Waals surface area contributed by atoms with E-state index in [1.807, 2.05) is 30.7 Å². The van der Waals surface area contributed by atoms with Crippen molar-refractivity contribution in [3.63, 3.8) is 0 Å². The number of piperazine rings is 1. The molecule has 130 valence electrons. The average Bonchev–Trinajstić information content (AvgIpc) is 2.97. The molecule has 3 rings (SSSR count). The molecule has 1 aromatic heterocycles. The van der Waals surface area contributed by atoms with Gasteiger partial charge in [0.25, 0.3) is 0 Å². The van der Waals surface area contributed by atoms with Crippen molar-refractivity contribution < 1.29 is 0 Å². The molecular formula is C18H24Cl2N4. The Balaban J connectivity index is 1.59. The summed E-state index contributed by atoms with van der Waals surface area (Å²) in [4.78, 5) is 9.11. The summed E-state index contributed by atoms with van der Waals surface area (Å²) in [6, 6.07) is 5.66. The van der Waals surface area contributed by atoms with Crippen LogP contribution in [0.1, 0.15) is 19.5 Å². The molecule has 0 unspecified atom stereocenters. The van der Waals surface area contributed by atoms with Gasteiger partial charge in [0, 0.05) is 50.5 Å². The first kappa shape index (κ1) is 17.6. The largest absolute Gasteiger partial charge is 0.368 e. The van der Waals surface area contributed by atoms with Gasteiger partial charge in [-0.2, -0.15) is 0 Å². The van der Waals surface area contributed by atoms with E-state index in [0.717, 1.165) is 55.0 Å². The number of hydrogen-bond acceptors (Lipinski definition) is 3. The number of nitrogens with zero attached hydrogens (tertiary/aromatic N) is 4. The van der Waals surface area contributed by atoms with Crippen LogP contribution in [-0.4, -0.2) is 40.6 Å². The molecule has 2 aromatic rings. The van der Waals surface area contributed by atoms with E-state index in [9.17, 15) is 0 Å². The molecule has 4 nitrogen and oxygen atoms in total. The Morgan fingerprint density at radius 1 is 1.12 bits per heavy atom. The van der Waals surface area contributed by atoms with E-state index in [2.05, 4.69) is 33.2 Å². The van der Waals surface area contributed by atoms with Crippen molar-refractivity contribution in [1.82, 2.24) is 14.5 Å². The van der Waals surface area contributed by atoms with Crippen LogP contribution in [0.25, 0.3) is 0 Å². The van der Waals surface area contributed by atoms with Crippen LogP contribution in [0.5, 0.6) is 0 Å². The van der Waals surface area contributed by atoms with Gasteiger partial charge >= 0.3 is 0 Å². The SMILES string of the molecule is CC(C)Cn1cncc1CN1CCN(c2cc(Cl)ccc2Cl)CC1. The molecule has 0 spiro atoms. The second-order valence-electron chi connectivity index (χ2n) is 6.79. The number of benzene rings is 1. The highest BCUT2D eigenvalue weighted by molar-refractivity contribution is 6.35. The Hall–Kier alpha value is -1.23. The molecule has 6 heteroatoms. The van der Waals surface area contributed by atoms with E-state index >= 15 is 0 Å². The van der Waals surface area contributed by atoms with Gasteiger partial charge in [-0.3, -0.25) is 4.90 Å². The lowest BCUT2D eigenvalue weighted by molar-refractivity contribution is 0.242. The number of aromatic nitrogens is 2. The van der Waals surface area contributed by atoms with E-state index in [1.54, 1.807) is 0 Å². The van der Waals surface area contributed by atoms with Gasteiger partial charge in [0.15, 0.2) is 0 Å². The molecular weight excluding hydrogens is 343 g/mol. The highest BCUT2D eigenvalue weighted by atomic mass is 35.5. The minimum absolute atomic E-state index is 0.625. The van der Waals surface area contributed by atoms with Crippen molar-refractivity contribution in [2.75, 3.05) is 31.1 Å². The van der Waals surface area contributed by atoms with Crippen molar-refractivity contribution in [2.45, 2.75) is 26.9 Å². The summed E-state index contributed by atoms with van der Waals surface area (Å²) in [6.07, 6.45) is 3.93. The molecule has 0 amide bonds. The maximum Gasteiger partial charge on any atom is 0.0948 e. The Morgan fingerprint density at radius 2 is 1.88 bits per heavy atom. The molecule has 0 saturated carbocycles. The predicted octanol–water partition coefficient (Wildman–Crippen LogP) is 4.17. The third-order valence-electron chi connectivity index (χ3n) is 4.37. The van der Waals surface area contributed by atoms with E-state index in [4.69, 9.17) is 23.2 Å². The molecule has 0 radical (unpaired) electrons. The lowest BCUT2D eigenvalue weighted by Crippen LogP contribution is -2.46. The smallest absolute Gasteiger partial charge is 0.0948 e. The number of halogens is 2. The normalized spacial score (nSPS) is 16.1. The van der Waals surface area contributed by atoms with Crippen molar-refractivity contribution in [3.05, 3.63) is 46.5 Å². The summed E-state index contributed by atoms with van der Waals surface area (Å²) in [6.45, 7) is 10.4. The van der Waals surface area contributed by atoms with Crippen LogP contribution in [0.15, 0.2) is 30.7 Å². The fourth-order valence-electron chi connectivity index (χ4n) is 3.14. The van der Waals surface area contributed by atoms with Crippen LogP contribution in [0.2, 0.25) is 10.0 Å². The maximum absolute atomic E-state index is 6.32. The molecule has 0 aliphatic carbocycles. The number of imidazole rings is 1. The lowest BCUT2D eigenvalue weighted by Gasteiger charge is -2.36. The first-order chi connectivity index (χ1) is 11.5. The summed E-state index contributed by atoms with van der Waals surface area (Å²) in [7, 11) is 0. The fourth-order valence-corrected chi connectivity index (χ4v) is 3.55. The Bertz CT molecular complexity index is 675. The molecule has 1 aliphatic heterocycles. The zero-order valence-electron chi connectivity index (χ0n) is 14.3.